The van der Waals surface area contributed by atoms with Gasteiger partial charge in [-0.3, -0.25) is 9.59 Å². The summed E-state index contributed by atoms with van der Waals surface area (Å²) < 4.78 is 11.6. The van der Waals surface area contributed by atoms with Crippen molar-refractivity contribution in [2.24, 2.45) is 0 Å². The van der Waals surface area contributed by atoms with Crippen molar-refractivity contribution in [2.45, 2.75) is 69.6 Å². The molecule has 8 nitrogen and oxygen atoms in total. The molecule has 162 valence electrons. The second kappa shape index (κ2) is 8.63. The zero-order valence-corrected chi connectivity index (χ0v) is 17.3. The van der Waals surface area contributed by atoms with Crippen LogP contribution in [0.5, 0.6) is 5.75 Å². The van der Waals surface area contributed by atoms with E-state index in [1.807, 2.05) is 6.07 Å². The molecule has 1 aliphatic carbocycles. The topological polar surface area (TPSA) is 97.0 Å². The van der Waals surface area contributed by atoms with E-state index in [9.17, 15) is 14.4 Å². The predicted octanol–water partition coefficient (Wildman–Crippen LogP) is 2.83. The van der Waals surface area contributed by atoms with Crippen molar-refractivity contribution in [3.05, 3.63) is 24.3 Å². The maximum Gasteiger partial charge on any atom is 0.325 e. The van der Waals surface area contributed by atoms with Crippen molar-refractivity contribution < 1.29 is 23.9 Å². The van der Waals surface area contributed by atoms with Crippen molar-refractivity contribution in [3.63, 3.8) is 0 Å². The number of urea groups is 1. The first-order valence-electron chi connectivity index (χ1n) is 10.8. The maximum absolute atomic E-state index is 12.9. The molecule has 1 spiro atoms. The van der Waals surface area contributed by atoms with Crippen molar-refractivity contribution in [2.75, 3.05) is 18.5 Å². The van der Waals surface area contributed by atoms with Crippen molar-refractivity contribution in [1.82, 2.24) is 10.2 Å². The van der Waals surface area contributed by atoms with Crippen LogP contribution in [0.3, 0.4) is 0 Å². The molecular formula is C22H29N3O5. The molecule has 3 aliphatic rings. The zero-order chi connectivity index (χ0) is 21.1. The van der Waals surface area contributed by atoms with Gasteiger partial charge in [0.25, 0.3) is 5.91 Å². The molecule has 2 atom stereocenters. The minimum absolute atomic E-state index is 0.0509. The Bertz CT molecular complexity index is 815. The smallest absolute Gasteiger partial charge is 0.325 e. The molecule has 1 saturated carbocycles. The molecule has 0 bridgehead atoms. The summed E-state index contributed by atoms with van der Waals surface area (Å²) in [6.07, 6.45) is 6.26. The first-order valence-corrected chi connectivity index (χ1v) is 10.8. The highest BCUT2D eigenvalue weighted by molar-refractivity contribution is 6.11. The van der Waals surface area contributed by atoms with Gasteiger partial charge in [-0.25, -0.2) is 9.69 Å². The maximum atomic E-state index is 12.9. The van der Waals surface area contributed by atoms with Crippen LogP contribution in [-0.2, 0) is 14.3 Å². The van der Waals surface area contributed by atoms with Gasteiger partial charge in [0.15, 0.2) is 0 Å². The van der Waals surface area contributed by atoms with E-state index in [2.05, 4.69) is 10.6 Å². The largest absolute Gasteiger partial charge is 0.489 e. The number of benzene rings is 1. The summed E-state index contributed by atoms with van der Waals surface area (Å²) in [6, 6.07) is 5.73. The molecule has 2 aliphatic heterocycles. The average Bonchev–Trinajstić information content (AvgIpc) is 3.32. The number of imide groups is 1. The lowest BCUT2D eigenvalue weighted by Crippen LogP contribution is -2.48. The Hall–Kier alpha value is -2.61. The number of anilines is 1. The Morgan fingerprint density at radius 3 is 2.77 bits per heavy atom. The second-order valence-electron chi connectivity index (χ2n) is 8.36. The summed E-state index contributed by atoms with van der Waals surface area (Å²) in [5, 5.41) is 5.63. The number of carbonyl (C=O) groups is 3. The fraction of sp³-hybridized carbons (Fsp3) is 0.591. The Labute approximate surface area is 176 Å². The molecule has 1 aromatic rings. The van der Waals surface area contributed by atoms with E-state index in [4.69, 9.17) is 9.47 Å². The molecule has 2 saturated heterocycles. The standard InChI is InChI=1S/C22H29N3O5/c1-15(25-20(27)22(24-21(25)28)11-5-6-12-22)19(26)23-17-9-2-3-10-18(17)30-14-16-8-4-7-13-29-16/h2-3,9-10,15-16H,4-8,11-14H2,1H3,(H,23,26)(H,24,28). The fourth-order valence-electron chi connectivity index (χ4n) is 4.48. The molecule has 4 amide bonds. The first-order chi connectivity index (χ1) is 14.5. The first kappa shape index (κ1) is 20.7. The van der Waals surface area contributed by atoms with Gasteiger partial charge in [0.05, 0.1) is 11.8 Å². The minimum Gasteiger partial charge on any atom is -0.489 e. The van der Waals surface area contributed by atoms with Gasteiger partial charge in [0.2, 0.25) is 5.91 Å². The molecule has 0 radical (unpaired) electrons. The lowest BCUT2D eigenvalue weighted by atomic mass is 9.97. The van der Waals surface area contributed by atoms with E-state index in [-0.39, 0.29) is 12.0 Å². The van der Waals surface area contributed by atoms with Crippen molar-refractivity contribution >= 4 is 23.5 Å². The minimum atomic E-state index is -0.924. The SMILES string of the molecule is CC(C(=O)Nc1ccccc1OCC1CCCCO1)N1C(=O)NC2(CCCC2)C1=O. The molecule has 2 unspecified atom stereocenters. The van der Waals surface area contributed by atoms with Gasteiger partial charge in [0, 0.05) is 6.61 Å². The van der Waals surface area contributed by atoms with Gasteiger partial charge in [-0.05, 0) is 51.2 Å². The third kappa shape index (κ3) is 4.01. The second-order valence-corrected chi connectivity index (χ2v) is 8.36. The zero-order valence-electron chi connectivity index (χ0n) is 17.3. The van der Waals surface area contributed by atoms with E-state index >= 15 is 0 Å². The number of nitrogens with one attached hydrogen (secondary N) is 2. The molecule has 1 aromatic carbocycles. The molecule has 3 fully saturated rings. The molecular weight excluding hydrogens is 386 g/mol. The number of para-hydroxylation sites is 2. The van der Waals surface area contributed by atoms with Crippen LogP contribution >= 0.6 is 0 Å². The predicted molar refractivity (Wildman–Crippen MR) is 110 cm³/mol. The highest BCUT2D eigenvalue weighted by Gasteiger charge is 2.54. The summed E-state index contributed by atoms with van der Waals surface area (Å²) in [5.41, 5.74) is -0.320. The summed E-state index contributed by atoms with van der Waals surface area (Å²) in [7, 11) is 0. The van der Waals surface area contributed by atoms with Gasteiger partial charge in [-0.15, -0.1) is 0 Å². The highest BCUT2D eigenvalue weighted by atomic mass is 16.5. The number of carbonyl (C=O) groups excluding carboxylic acids is 3. The van der Waals surface area contributed by atoms with Gasteiger partial charge in [-0.2, -0.15) is 0 Å². The number of amides is 4. The third-order valence-electron chi connectivity index (χ3n) is 6.26. The molecule has 4 rings (SSSR count). The Morgan fingerprint density at radius 1 is 1.27 bits per heavy atom. The van der Waals surface area contributed by atoms with Gasteiger partial charge < -0.3 is 20.1 Å². The number of hydrogen-bond donors (Lipinski definition) is 2. The molecule has 30 heavy (non-hydrogen) atoms. The van der Waals surface area contributed by atoms with E-state index in [0.717, 1.165) is 43.6 Å². The van der Waals surface area contributed by atoms with Crippen LogP contribution in [0, 0.1) is 0 Å². The number of rotatable bonds is 6. The van der Waals surface area contributed by atoms with Crippen LogP contribution in [0.4, 0.5) is 10.5 Å². The van der Waals surface area contributed by atoms with Gasteiger partial charge in [0.1, 0.15) is 23.9 Å². The summed E-state index contributed by atoms with van der Waals surface area (Å²) in [4.78, 5) is 39.3. The van der Waals surface area contributed by atoms with Crippen LogP contribution in [0.15, 0.2) is 24.3 Å². The Balaban J connectivity index is 1.41. The lowest BCUT2D eigenvalue weighted by molar-refractivity contribution is -0.136. The van der Waals surface area contributed by atoms with Gasteiger partial charge >= 0.3 is 6.03 Å². The molecule has 2 heterocycles. The van der Waals surface area contributed by atoms with Crippen LogP contribution in [0.1, 0.15) is 51.9 Å². The average molecular weight is 415 g/mol. The summed E-state index contributed by atoms with van der Waals surface area (Å²) >= 11 is 0. The van der Waals surface area contributed by atoms with E-state index < -0.39 is 23.5 Å². The Kier molecular flexibility index (Phi) is 5.94. The van der Waals surface area contributed by atoms with Crippen LogP contribution in [0.25, 0.3) is 0 Å². The lowest BCUT2D eigenvalue weighted by Gasteiger charge is -2.25. The molecule has 0 aromatic heterocycles. The van der Waals surface area contributed by atoms with Crippen LogP contribution < -0.4 is 15.4 Å². The van der Waals surface area contributed by atoms with Crippen LogP contribution in [-0.4, -0.2) is 53.6 Å². The number of ether oxygens (including phenoxy) is 2. The van der Waals surface area contributed by atoms with E-state index in [1.54, 1.807) is 25.1 Å². The summed E-state index contributed by atoms with van der Waals surface area (Å²) in [6.45, 7) is 2.73. The van der Waals surface area contributed by atoms with Gasteiger partial charge in [-0.1, -0.05) is 25.0 Å². The Morgan fingerprint density at radius 2 is 2.03 bits per heavy atom. The normalized spacial score (nSPS) is 24.0. The van der Waals surface area contributed by atoms with E-state index in [0.29, 0.717) is 30.9 Å². The molecule has 2 N–H and O–H groups in total. The van der Waals surface area contributed by atoms with Crippen molar-refractivity contribution in [3.8, 4) is 5.75 Å². The highest BCUT2D eigenvalue weighted by Crippen LogP contribution is 2.36. The quantitative estimate of drug-likeness (QED) is 0.697. The van der Waals surface area contributed by atoms with Crippen LogP contribution in [0.2, 0.25) is 0 Å². The fourth-order valence-corrected chi connectivity index (χ4v) is 4.48. The van der Waals surface area contributed by atoms with Crippen molar-refractivity contribution in [1.29, 1.82) is 0 Å². The number of hydrogen-bond acceptors (Lipinski definition) is 5. The van der Waals surface area contributed by atoms with E-state index in [1.165, 1.54) is 0 Å². The monoisotopic (exact) mass is 415 g/mol. The third-order valence-corrected chi connectivity index (χ3v) is 6.26. The number of nitrogens with zero attached hydrogens (tertiary/aromatic N) is 1. The molecule has 8 heteroatoms. The summed E-state index contributed by atoms with van der Waals surface area (Å²) in [5.74, 6) is -0.193.